The maximum absolute atomic E-state index is 6.18. The summed E-state index contributed by atoms with van der Waals surface area (Å²) >= 11 is 6.08. The highest BCUT2D eigenvalue weighted by molar-refractivity contribution is 6.34. The van der Waals surface area contributed by atoms with Gasteiger partial charge in [0.15, 0.2) is 5.58 Å². The highest BCUT2D eigenvalue weighted by atomic mass is 35.5. The second kappa shape index (κ2) is 4.15. The molecule has 92 valence electrons. The molecular formula is C13H12ClN3O. The third-order valence-corrected chi connectivity index (χ3v) is 3.30. The fraction of sp³-hybridized carbons (Fsp3) is 0.154. The minimum Gasteiger partial charge on any atom is -0.457 e. The van der Waals surface area contributed by atoms with E-state index in [-0.39, 0.29) is 6.04 Å². The molecule has 4 nitrogen and oxygen atoms in total. The van der Waals surface area contributed by atoms with Crippen molar-refractivity contribution in [3.63, 3.8) is 0 Å². The van der Waals surface area contributed by atoms with Crippen LogP contribution in [0.1, 0.15) is 17.5 Å². The van der Waals surface area contributed by atoms with Crippen molar-refractivity contribution in [2.24, 2.45) is 12.8 Å². The number of para-hydroxylation sites is 1. The van der Waals surface area contributed by atoms with Gasteiger partial charge in [-0.25, -0.2) is 0 Å². The first-order valence-electron chi connectivity index (χ1n) is 5.58. The molecular weight excluding hydrogens is 250 g/mol. The lowest BCUT2D eigenvalue weighted by molar-refractivity contribution is 0.509. The van der Waals surface area contributed by atoms with Crippen LogP contribution in [0.4, 0.5) is 0 Å². The summed E-state index contributed by atoms with van der Waals surface area (Å²) in [6, 6.07) is 9.08. The maximum atomic E-state index is 6.18. The van der Waals surface area contributed by atoms with Crippen LogP contribution in [-0.2, 0) is 7.05 Å². The molecule has 1 unspecified atom stereocenters. The van der Waals surface area contributed by atoms with Gasteiger partial charge in [0.2, 0.25) is 0 Å². The number of benzene rings is 1. The fourth-order valence-corrected chi connectivity index (χ4v) is 2.26. The topological polar surface area (TPSA) is 57.0 Å². The van der Waals surface area contributed by atoms with E-state index < -0.39 is 0 Å². The van der Waals surface area contributed by atoms with Crippen LogP contribution in [0.3, 0.4) is 0 Å². The molecule has 0 spiro atoms. The van der Waals surface area contributed by atoms with Gasteiger partial charge in [-0.3, -0.25) is 4.68 Å². The Balaban J connectivity index is 2.10. The number of nitrogens with zero attached hydrogens (tertiary/aromatic N) is 2. The Morgan fingerprint density at radius 1 is 1.39 bits per heavy atom. The van der Waals surface area contributed by atoms with E-state index in [1.807, 2.05) is 31.3 Å². The van der Waals surface area contributed by atoms with Crippen molar-refractivity contribution in [3.05, 3.63) is 53.0 Å². The van der Waals surface area contributed by atoms with Crippen LogP contribution in [0, 0.1) is 0 Å². The number of fused-ring (bicyclic) bond motifs is 1. The molecule has 0 aliphatic rings. The Bertz CT molecular complexity index is 701. The fourth-order valence-electron chi connectivity index (χ4n) is 2.04. The van der Waals surface area contributed by atoms with Crippen molar-refractivity contribution in [1.29, 1.82) is 0 Å². The van der Waals surface area contributed by atoms with Crippen LogP contribution < -0.4 is 5.73 Å². The Morgan fingerprint density at radius 2 is 2.22 bits per heavy atom. The Labute approximate surface area is 109 Å². The van der Waals surface area contributed by atoms with Crippen LogP contribution in [-0.4, -0.2) is 9.78 Å². The van der Waals surface area contributed by atoms with Crippen LogP contribution in [0.15, 0.2) is 40.9 Å². The summed E-state index contributed by atoms with van der Waals surface area (Å²) in [6.07, 6.45) is 1.71. The SMILES string of the molecule is Cn1nccc1C(N)c1cc2cccc(Cl)c2o1. The molecule has 3 rings (SSSR count). The minimum absolute atomic E-state index is 0.346. The van der Waals surface area contributed by atoms with Gasteiger partial charge in [-0.1, -0.05) is 23.7 Å². The molecule has 0 saturated carbocycles. The van der Waals surface area contributed by atoms with Gasteiger partial charge in [0.1, 0.15) is 11.8 Å². The molecule has 0 aliphatic carbocycles. The first-order chi connectivity index (χ1) is 8.66. The van der Waals surface area contributed by atoms with E-state index in [1.165, 1.54) is 0 Å². The second-order valence-electron chi connectivity index (χ2n) is 4.16. The van der Waals surface area contributed by atoms with E-state index in [1.54, 1.807) is 16.9 Å². The number of aryl methyl sites for hydroxylation is 1. The van der Waals surface area contributed by atoms with Crippen molar-refractivity contribution >= 4 is 22.6 Å². The number of hydrogen-bond donors (Lipinski definition) is 1. The van der Waals surface area contributed by atoms with Crippen molar-refractivity contribution < 1.29 is 4.42 Å². The zero-order chi connectivity index (χ0) is 12.7. The van der Waals surface area contributed by atoms with Gasteiger partial charge in [0.05, 0.1) is 10.7 Å². The van der Waals surface area contributed by atoms with Crippen LogP contribution >= 0.6 is 11.6 Å². The molecule has 18 heavy (non-hydrogen) atoms. The van der Waals surface area contributed by atoms with E-state index in [2.05, 4.69) is 5.10 Å². The van der Waals surface area contributed by atoms with Gasteiger partial charge in [0, 0.05) is 18.6 Å². The number of rotatable bonds is 2. The lowest BCUT2D eigenvalue weighted by Gasteiger charge is -2.08. The zero-order valence-corrected chi connectivity index (χ0v) is 10.6. The number of aromatic nitrogens is 2. The standard InChI is InChI=1S/C13H12ClN3O/c1-17-10(5-6-16-17)12(15)11-7-8-3-2-4-9(14)13(8)18-11/h2-7,12H,15H2,1H3. The van der Waals surface area contributed by atoms with Gasteiger partial charge in [-0.15, -0.1) is 0 Å². The molecule has 1 atom stereocenters. The first kappa shape index (κ1) is 11.3. The molecule has 2 N–H and O–H groups in total. The molecule has 0 radical (unpaired) electrons. The van der Waals surface area contributed by atoms with Crippen molar-refractivity contribution in [2.45, 2.75) is 6.04 Å². The molecule has 0 amide bonds. The summed E-state index contributed by atoms with van der Waals surface area (Å²) in [4.78, 5) is 0. The first-order valence-corrected chi connectivity index (χ1v) is 5.96. The van der Waals surface area contributed by atoms with Crippen molar-refractivity contribution in [2.75, 3.05) is 0 Å². The van der Waals surface area contributed by atoms with Gasteiger partial charge < -0.3 is 10.2 Å². The quantitative estimate of drug-likeness (QED) is 0.772. The summed E-state index contributed by atoms with van der Waals surface area (Å²) < 4.78 is 7.48. The molecule has 0 bridgehead atoms. The number of halogens is 1. The Hall–Kier alpha value is -1.78. The average molecular weight is 262 g/mol. The molecule has 2 heterocycles. The molecule has 3 aromatic rings. The highest BCUT2D eigenvalue weighted by Gasteiger charge is 2.17. The Morgan fingerprint density at radius 3 is 2.89 bits per heavy atom. The molecule has 2 aromatic heterocycles. The molecule has 0 saturated heterocycles. The zero-order valence-electron chi connectivity index (χ0n) is 9.80. The normalized spacial score (nSPS) is 13.1. The van der Waals surface area contributed by atoms with E-state index in [0.29, 0.717) is 16.4 Å². The number of hydrogen-bond acceptors (Lipinski definition) is 3. The predicted molar refractivity (Wildman–Crippen MR) is 70.5 cm³/mol. The maximum Gasteiger partial charge on any atom is 0.152 e. The van der Waals surface area contributed by atoms with E-state index in [0.717, 1.165) is 11.1 Å². The monoisotopic (exact) mass is 261 g/mol. The van der Waals surface area contributed by atoms with E-state index in [4.69, 9.17) is 21.8 Å². The van der Waals surface area contributed by atoms with Gasteiger partial charge in [-0.2, -0.15) is 5.10 Å². The summed E-state index contributed by atoms with van der Waals surface area (Å²) in [5, 5.41) is 5.65. The number of furan rings is 1. The third kappa shape index (κ3) is 1.70. The van der Waals surface area contributed by atoms with Crippen molar-refractivity contribution in [3.8, 4) is 0 Å². The molecule has 0 aliphatic heterocycles. The Kier molecular flexibility index (Phi) is 2.61. The largest absolute Gasteiger partial charge is 0.457 e. The summed E-state index contributed by atoms with van der Waals surface area (Å²) in [5.41, 5.74) is 7.74. The molecule has 0 fully saturated rings. The van der Waals surface area contributed by atoms with E-state index >= 15 is 0 Å². The highest BCUT2D eigenvalue weighted by Crippen LogP contribution is 2.30. The summed E-state index contributed by atoms with van der Waals surface area (Å²) in [6.45, 7) is 0. The van der Waals surface area contributed by atoms with Gasteiger partial charge >= 0.3 is 0 Å². The smallest absolute Gasteiger partial charge is 0.152 e. The third-order valence-electron chi connectivity index (χ3n) is 3.00. The van der Waals surface area contributed by atoms with Crippen LogP contribution in [0.5, 0.6) is 0 Å². The molecule has 1 aromatic carbocycles. The average Bonchev–Trinajstić information content (AvgIpc) is 2.95. The lowest BCUT2D eigenvalue weighted by Crippen LogP contribution is -2.15. The van der Waals surface area contributed by atoms with Gasteiger partial charge in [0.25, 0.3) is 0 Å². The van der Waals surface area contributed by atoms with Gasteiger partial charge in [-0.05, 0) is 18.2 Å². The summed E-state index contributed by atoms with van der Waals surface area (Å²) in [5.74, 6) is 0.682. The van der Waals surface area contributed by atoms with Crippen LogP contribution in [0.2, 0.25) is 5.02 Å². The van der Waals surface area contributed by atoms with Crippen LogP contribution in [0.25, 0.3) is 11.0 Å². The number of nitrogens with two attached hydrogens (primary N) is 1. The lowest BCUT2D eigenvalue weighted by atomic mass is 10.1. The van der Waals surface area contributed by atoms with Crippen molar-refractivity contribution in [1.82, 2.24) is 9.78 Å². The predicted octanol–water partition coefficient (Wildman–Crippen LogP) is 2.87. The van der Waals surface area contributed by atoms with E-state index in [9.17, 15) is 0 Å². The molecule has 5 heteroatoms. The minimum atomic E-state index is -0.346. The second-order valence-corrected chi connectivity index (χ2v) is 4.57. The summed E-state index contributed by atoms with van der Waals surface area (Å²) in [7, 11) is 1.85.